The summed E-state index contributed by atoms with van der Waals surface area (Å²) in [5.41, 5.74) is 4.72. The van der Waals surface area contributed by atoms with E-state index in [0.717, 1.165) is 43.7 Å². The number of fused-ring (bicyclic) bond motifs is 3. The van der Waals surface area contributed by atoms with Gasteiger partial charge in [-0.3, -0.25) is 4.90 Å². The van der Waals surface area contributed by atoms with Crippen LogP contribution in [-0.4, -0.2) is 21.5 Å². The van der Waals surface area contributed by atoms with Crippen LogP contribution in [0.5, 0.6) is 0 Å². The van der Waals surface area contributed by atoms with E-state index in [1.807, 2.05) is 6.07 Å². The summed E-state index contributed by atoms with van der Waals surface area (Å²) in [6.07, 6.45) is 1.45. The molecule has 0 spiro atoms. The lowest BCUT2D eigenvalue weighted by Crippen LogP contribution is -2.27. The van der Waals surface area contributed by atoms with Gasteiger partial charge in [-0.2, -0.15) is 0 Å². The van der Waals surface area contributed by atoms with E-state index in [1.165, 1.54) is 16.5 Å². The zero-order valence-electron chi connectivity index (χ0n) is 13.2. The number of hydrogen-bond donors (Lipinski definition) is 2. The maximum atomic E-state index is 10.5. The maximum absolute atomic E-state index is 10.5. The molecule has 0 amide bonds. The van der Waals surface area contributed by atoms with Crippen molar-refractivity contribution in [1.29, 1.82) is 0 Å². The summed E-state index contributed by atoms with van der Waals surface area (Å²) >= 11 is 0. The van der Waals surface area contributed by atoms with Crippen molar-refractivity contribution >= 4 is 10.9 Å². The van der Waals surface area contributed by atoms with Crippen molar-refractivity contribution in [3.8, 4) is 0 Å². The third-order valence-electron chi connectivity index (χ3n) is 4.76. The average Bonchev–Trinajstić information content (AvgIpc) is 2.93. The second kappa shape index (κ2) is 6.19. The van der Waals surface area contributed by atoms with Gasteiger partial charge in [0.2, 0.25) is 0 Å². The van der Waals surface area contributed by atoms with Crippen LogP contribution >= 0.6 is 0 Å². The molecular formula is C20H22N2O. The number of nitrogens with zero attached hydrogens (tertiary/aromatic N) is 1. The van der Waals surface area contributed by atoms with E-state index < -0.39 is 0 Å². The van der Waals surface area contributed by atoms with Gasteiger partial charge in [-0.15, -0.1) is 0 Å². The van der Waals surface area contributed by atoms with Gasteiger partial charge in [-0.1, -0.05) is 48.5 Å². The molecule has 0 radical (unpaired) electrons. The van der Waals surface area contributed by atoms with Gasteiger partial charge in [0.15, 0.2) is 0 Å². The van der Waals surface area contributed by atoms with Crippen LogP contribution < -0.4 is 0 Å². The molecule has 2 heterocycles. The molecule has 118 valence electrons. The van der Waals surface area contributed by atoms with E-state index in [9.17, 15) is 5.11 Å². The van der Waals surface area contributed by atoms with E-state index in [1.54, 1.807) is 0 Å². The van der Waals surface area contributed by atoms with Gasteiger partial charge < -0.3 is 10.1 Å². The smallest absolute Gasteiger partial charge is 0.0941 e. The zero-order valence-corrected chi connectivity index (χ0v) is 13.2. The van der Waals surface area contributed by atoms with Crippen LogP contribution in [0.1, 0.15) is 35.8 Å². The molecule has 1 aliphatic rings. The number of para-hydroxylation sites is 1. The van der Waals surface area contributed by atoms with Crippen molar-refractivity contribution in [2.45, 2.75) is 32.0 Å². The third kappa shape index (κ3) is 2.90. The molecule has 3 nitrogen and oxygen atoms in total. The number of benzene rings is 2. The first kappa shape index (κ1) is 14.5. The number of aromatic amines is 1. The highest BCUT2D eigenvalue weighted by Crippen LogP contribution is 2.32. The van der Waals surface area contributed by atoms with Crippen molar-refractivity contribution in [1.82, 2.24) is 9.88 Å². The minimum atomic E-state index is -0.378. The topological polar surface area (TPSA) is 39.3 Å². The molecule has 2 N–H and O–H groups in total. The Labute approximate surface area is 136 Å². The molecule has 1 unspecified atom stereocenters. The van der Waals surface area contributed by atoms with Crippen molar-refractivity contribution < 1.29 is 5.11 Å². The lowest BCUT2D eigenvalue weighted by Gasteiger charge is -2.26. The van der Waals surface area contributed by atoms with E-state index in [4.69, 9.17) is 0 Å². The Morgan fingerprint density at radius 3 is 2.70 bits per heavy atom. The van der Waals surface area contributed by atoms with Gasteiger partial charge >= 0.3 is 0 Å². The van der Waals surface area contributed by atoms with Crippen LogP contribution in [0, 0.1) is 0 Å². The summed E-state index contributed by atoms with van der Waals surface area (Å²) < 4.78 is 0. The van der Waals surface area contributed by atoms with Crippen molar-refractivity contribution in [2.24, 2.45) is 0 Å². The van der Waals surface area contributed by atoms with Gasteiger partial charge in [0, 0.05) is 29.7 Å². The first-order valence-corrected chi connectivity index (χ1v) is 8.35. The Hall–Kier alpha value is -2.10. The minimum absolute atomic E-state index is 0.378. The molecule has 0 fully saturated rings. The standard InChI is InChI=1S/C20H22N2O/c23-19-11-6-12-22(13-15-7-2-1-3-8-15)14-17-16-9-4-5-10-18(16)21-20(17)19/h1-5,7-10,19,21,23H,6,11-14H2. The first-order valence-electron chi connectivity index (χ1n) is 8.35. The summed E-state index contributed by atoms with van der Waals surface area (Å²) in [7, 11) is 0. The van der Waals surface area contributed by atoms with E-state index in [-0.39, 0.29) is 6.10 Å². The summed E-state index contributed by atoms with van der Waals surface area (Å²) in [5, 5.41) is 11.7. The quantitative estimate of drug-likeness (QED) is 0.751. The normalized spacial score (nSPS) is 19.3. The van der Waals surface area contributed by atoms with Crippen LogP contribution in [0.25, 0.3) is 10.9 Å². The molecule has 4 rings (SSSR count). The molecule has 0 bridgehead atoms. The van der Waals surface area contributed by atoms with Gasteiger partial charge in [0.1, 0.15) is 0 Å². The molecule has 1 aromatic heterocycles. The highest BCUT2D eigenvalue weighted by atomic mass is 16.3. The summed E-state index contributed by atoms with van der Waals surface area (Å²) in [6, 6.07) is 19.0. The second-order valence-corrected chi connectivity index (χ2v) is 6.42. The first-order chi connectivity index (χ1) is 11.3. The van der Waals surface area contributed by atoms with Crippen LogP contribution in [0.3, 0.4) is 0 Å². The summed E-state index contributed by atoms with van der Waals surface area (Å²) in [4.78, 5) is 5.93. The number of H-pyrrole nitrogens is 1. The Balaban J connectivity index is 1.69. The van der Waals surface area contributed by atoms with E-state index in [0.29, 0.717) is 0 Å². The van der Waals surface area contributed by atoms with E-state index in [2.05, 4.69) is 58.4 Å². The van der Waals surface area contributed by atoms with Gasteiger partial charge in [0.05, 0.1) is 6.10 Å². The van der Waals surface area contributed by atoms with Crippen molar-refractivity contribution in [3.05, 3.63) is 71.4 Å². The fourth-order valence-electron chi connectivity index (χ4n) is 3.61. The molecular weight excluding hydrogens is 284 g/mol. The van der Waals surface area contributed by atoms with Crippen LogP contribution in [0.4, 0.5) is 0 Å². The fourth-order valence-corrected chi connectivity index (χ4v) is 3.61. The molecule has 0 aliphatic carbocycles. The Kier molecular flexibility index (Phi) is 3.90. The Morgan fingerprint density at radius 2 is 1.83 bits per heavy atom. The predicted molar refractivity (Wildman–Crippen MR) is 93.0 cm³/mol. The highest BCUT2D eigenvalue weighted by Gasteiger charge is 2.22. The monoisotopic (exact) mass is 306 g/mol. The SMILES string of the molecule is OC1CCCN(Cc2ccccc2)Cc2c1[nH]c1ccccc21. The number of nitrogens with one attached hydrogen (secondary N) is 1. The van der Waals surface area contributed by atoms with Gasteiger partial charge in [-0.05, 0) is 36.6 Å². The van der Waals surface area contributed by atoms with Crippen molar-refractivity contribution in [3.63, 3.8) is 0 Å². The molecule has 3 heteroatoms. The highest BCUT2D eigenvalue weighted by molar-refractivity contribution is 5.84. The minimum Gasteiger partial charge on any atom is -0.387 e. The van der Waals surface area contributed by atoms with Gasteiger partial charge in [-0.25, -0.2) is 0 Å². The lowest BCUT2D eigenvalue weighted by molar-refractivity contribution is 0.138. The second-order valence-electron chi connectivity index (χ2n) is 6.42. The lowest BCUT2D eigenvalue weighted by atomic mass is 10.0. The van der Waals surface area contributed by atoms with Crippen molar-refractivity contribution in [2.75, 3.05) is 6.54 Å². The summed E-state index contributed by atoms with van der Waals surface area (Å²) in [6.45, 7) is 2.85. The predicted octanol–water partition coefficient (Wildman–Crippen LogP) is 4.00. The Bertz CT molecular complexity index is 794. The van der Waals surface area contributed by atoms with Gasteiger partial charge in [0.25, 0.3) is 0 Å². The number of aliphatic hydroxyl groups excluding tert-OH is 1. The molecule has 23 heavy (non-hydrogen) atoms. The number of hydrogen-bond acceptors (Lipinski definition) is 2. The average molecular weight is 306 g/mol. The zero-order chi connectivity index (χ0) is 15.6. The summed E-state index contributed by atoms with van der Waals surface area (Å²) in [5.74, 6) is 0. The fraction of sp³-hybridized carbons (Fsp3) is 0.300. The molecule has 1 atom stereocenters. The Morgan fingerprint density at radius 1 is 1.04 bits per heavy atom. The number of aliphatic hydroxyl groups is 1. The third-order valence-corrected chi connectivity index (χ3v) is 4.76. The molecule has 0 saturated carbocycles. The van der Waals surface area contributed by atoms with E-state index >= 15 is 0 Å². The molecule has 2 aromatic carbocycles. The molecule has 3 aromatic rings. The van der Waals surface area contributed by atoms with Crippen LogP contribution in [0.15, 0.2) is 54.6 Å². The molecule has 1 aliphatic heterocycles. The maximum Gasteiger partial charge on any atom is 0.0941 e. The number of aromatic nitrogens is 1. The van der Waals surface area contributed by atoms with Crippen LogP contribution in [-0.2, 0) is 13.1 Å². The number of rotatable bonds is 2. The largest absolute Gasteiger partial charge is 0.387 e. The molecule has 0 saturated heterocycles. The van der Waals surface area contributed by atoms with Crippen LogP contribution in [0.2, 0.25) is 0 Å².